The van der Waals surface area contributed by atoms with E-state index in [4.69, 9.17) is 12.2 Å². The van der Waals surface area contributed by atoms with Crippen molar-refractivity contribution in [1.82, 2.24) is 10.7 Å². The molecule has 1 rings (SSSR count). The monoisotopic (exact) mass is 257 g/mol. The van der Waals surface area contributed by atoms with Gasteiger partial charge in [-0.3, -0.25) is 10.9 Å². The summed E-state index contributed by atoms with van der Waals surface area (Å²) in [7, 11) is 0. The lowest BCUT2D eigenvalue weighted by molar-refractivity contribution is 0.584. The predicted molar refractivity (Wildman–Crippen MR) is 68.5 cm³/mol. The molecule has 17 heavy (non-hydrogen) atoms. The molecule has 92 valence electrons. The summed E-state index contributed by atoms with van der Waals surface area (Å²) in [5.41, 5.74) is 6.16. The third-order valence-electron chi connectivity index (χ3n) is 1.79. The Balaban J connectivity index is 2.44. The van der Waals surface area contributed by atoms with E-state index in [9.17, 15) is 8.78 Å². The average molecular weight is 257 g/mol. The van der Waals surface area contributed by atoms with E-state index in [1.165, 1.54) is 6.07 Å². The summed E-state index contributed by atoms with van der Waals surface area (Å²) in [5.74, 6) is -1.32. The number of benzene rings is 1. The third kappa shape index (κ3) is 4.78. The fourth-order valence-corrected chi connectivity index (χ4v) is 1.11. The molecule has 0 saturated carbocycles. The zero-order chi connectivity index (χ0) is 12.8. The molecule has 0 saturated heterocycles. The molecule has 6 heteroatoms. The van der Waals surface area contributed by atoms with Gasteiger partial charge in [-0.25, -0.2) is 8.78 Å². The summed E-state index contributed by atoms with van der Waals surface area (Å²) < 4.78 is 25.8. The van der Waals surface area contributed by atoms with Crippen LogP contribution in [0.25, 0.3) is 0 Å². The highest BCUT2D eigenvalue weighted by Gasteiger charge is 2.03. The van der Waals surface area contributed by atoms with Gasteiger partial charge < -0.3 is 5.32 Å². The summed E-state index contributed by atoms with van der Waals surface area (Å²) in [4.78, 5) is 0. The number of hydrogen-bond acceptors (Lipinski definition) is 2. The molecule has 0 amide bonds. The molecule has 0 bridgehead atoms. The van der Waals surface area contributed by atoms with Gasteiger partial charge in [-0.2, -0.15) is 0 Å². The van der Waals surface area contributed by atoms with E-state index in [2.05, 4.69) is 22.7 Å². The van der Waals surface area contributed by atoms with E-state index in [0.717, 1.165) is 17.7 Å². The minimum Gasteiger partial charge on any atom is -0.358 e. The van der Waals surface area contributed by atoms with E-state index >= 15 is 0 Å². The van der Waals surface area contributed by atoms with Crippen molar-refractivity contribution >= 4 is 23.0 Å². The number of hydrazine groups is 1. The van der Waals surface area contributed by atoms with Crippen LogP contribution in [0.4, 0.5) is 14.5 Å². The van der Waals surface area contributed by atoms with Gasteiger partial charge in [0.15, 0.2) is 10.9 Å². The molecule has 0 aliphatic rings. The molecule has 0 aromatic heterocycles. The molecule has 3 nitrogen and oxygen atoms in total. The van der Waals surface area contributed by atoms with Gasteiger partial charge in [-0.15, -0.1) is 0 Å². The van der Waals surface area contributed by atoms with Gasteiger partial charge >= 0.3 is 0 Å². The largest absolute Gasteiger partial charge is 0.358 e. The first-order chi connectivity index (χ1) is 7.99. The Morgan fingerprint density at radius 3 is 2.71 bits per heavy atom. The molecule has 1 aromatic carbocycles. The van der Waals surface area contributed by atoms with Crippen molar-refractivity contribution in [3.63, 3.8) is 0 Å². The van der Waals surface area contributed by atoms with Gasteiger partial charge in [0.2, 0.25) is 0 Å². The third-order valence-corrected chi connectivity index (χ3v) is 2.04. The highest BCUT2D eigenvalue weighted by atomic mass is 32.1. The summed E-state index contributed by atoms with van der Waals surface area (Å²) >= 11 is 4.92. The average Bonchev–Trinajstić information content (AvgIpc) is 2.25. The lowest BCUT2D eigenvalue weighted by Crippen LogP contribution is -2.39. The number of nitrogens with one attached hydrogen (secondary N) is 3. The van der Waals surface area contributed by atoms with Crippen molar-refractivity contribution < 1.29 is 8.78 Å². The normalized spacial score (nSPS) is 9.59. The van der Waals surface area contributed by atoms with Crippen LogP contribution in [0.1, 0.15) is 6.92 Å². The Morgan fingerprint density at radius 1 is 1.41 bits per heavy atom. The summed E-state index contributed by atoms with van der Waals surface area (Å²) in [6.45, 7) is 6.07. The van der Waals surface area contributed by atoms with Crippen LogP contribution in [0.15, 0.2) is 30.4 Å². The first-order valence-corrected chi connectivity index (χ1v) is 5.29. The van der Waals surface area contributed by atoms with E-state index < -0.39 is 11.6 Å². The maximum Gasteiger partial charge on any atom is 0.185 e. The van der Waals surface area contributed by atoms with E-state index in [1.54, 1.807) is 0 Å². The van der Waals surface area contributed by atoms with Crippen molar-refractivity contribution in [2.24, 2.45) is 0 Å². The van der Waals surface area contributed by atoms with Gasteiger partial charge in [0, 0.05) is 12.6 Å². The van der Waals surface area contributed by atoms with Crippen molar-refractivity contribution in [1.29, 1.82) is 0 Å². The van der Waals surface area contributed by atoms with Crippen LogP contribution >= 0.6 is 12.2 Å². The van der Waals surface area contributed by atoms with E-state index in [0.29, 0.717) is 11.7 Å². The molecule has 1 aromatic rings. The second-order valence-electron chi connectivity index (χ2n) is 3.51. The van der Waals surface area contributed by atoms with Crippen LogP contribution in [0.5, 0.6) is 0 Å². The fourth-order valence-electron chi connectivity index (χ4n) is 0.990. The fraction of sp³-hybridized carbons (Fsp3) is 0.182. The molecule has 3 N–H and O–H groups in total. The SMILES string of the molecule is C=C(C)CNC(=S)NNc1ccc(F)cc1F. The maximum absolute atomic E-state index is 13.2. The summed E-state index contributed by atoms with van der Waals surface area (Å²) in [6.07, 6.45) is 0. The molecule has 0 radical (unpaired) electrons. The predicted octanol–water partition coefficient (Wildman–Crippen LogP) is 2.33. The zero-order valence-corrected chi connectivity index (χ0v) is 10.1. The van der Waals surface area contributed by atoms with Gasteiger partial charge in [-0.1, -0.05) is 12.2 Å². The van der Waals surface area contributed by atoms with E-state index in [1.807, 2.05) is 6.92 Å². The highest BCUT2D eigenvalue weighted by molar-refractivity contribution is 7.80. The molecule has 0 atom stereocenters. The van der Waals surface area contributed by atoms with Crippen LogP contribution in [-0.2, 0) is 0 Å². The van der Waals surface area contributed by atoms with Crippen LogP contribution < -0.4 is 16.2 Å². The van der Waals surface area contributed by atoms with E-state index in [-0.39, 0.29) is 5.69 Å². The molecule has 0 spiro atoms. The topological polar surface area (TPSA) is 36.1 Å². The molecule has 0 unspecified atom stereocenters. The minimum absolute atomic E-state index is 0.117. The number of hydrogen-bond donors (Lipinski definition) is 3. The van der Waals surface area contributed by atoms with Crippen molar-refractivity contribution in [2.75, 3.05) is 12.0 Å². The van der Waals surface area contributed by atoms with Gasteiger partial charge in [0.05, 0.1) is 5.69 Å². The quantitative estimate of drug-likeness (QED) is 0.439. The Bertz CT molecular complexity index is 435. The number of rotatable bonds is 4. The second-order valence-corrected chi connectivity index (χ2v) is 3.92. The second kappa shape index (κ2) is 6.15. The summed E-state index contributed by atoms with van der Waals surface area (Å²) in [5, 5.41) is 3.15. The van der Waals surface area contributed by atoms with Crippen LogP contribution in [0, 0.1) is 11.6 Å². The molecule has 0 heterocycles. The molecule has 0 aliphatic heterocycles. The van der Waals surface area contributed by atoms with Gasteiger partial charge in [-0.05, 0) is 31.3 Å². The number of halogens is 2. The first-order valence-electron chi connectivity index (χ1n) is 4.88. The Labute approximate surface area is 104 Å². The molecular weight excluding hydrogens is 244 g/mol. The lowest BCUT2D eigenvalue weighted by Gasteiger charge is -2.12. The van der Waals surface area contributed by atoms with Crippen molar-refractivity contribution in [2.45, 2.75) is 6.92 Å². The van der Waals surface area contributed by atoms with Crippen LogP contribution in [0.2, 0.25) is 0 Å². The molecular formula is C11H13F2N3S. The number of thiocarbonyl (C=S) groups is 1. The van der Waals surface area contributed by atoms with Crippen molar-refractivity contribution in [3.05, 3.63) is 42.0 Å². The standard InChI is InChI=1S/C11H13F2N3S/c1-7(2)6-14-11(17)16-15-10-4-3-8(12)5-9(10)13/h3-5,15H,1,6H2,2H3,(H2,14,16,17). The number of anilines is 1. The Morgan fingerprint density at radius 2 is 2.12 bits per heavy atom. The summed E-state index contributed by atoms with van der Waals surface area (Å²) in [6, 6.07) is 3.21. The van der Waals surface area contributed by atoms with Crippen LogP contribution in [0.3, 0.4) is 0 Å². The molecule has 0 aliphatic carbocycles. The first kappa shape index (κ1) is 13.4. The Hall–Kier alpha value is -1.69. The zero-order valence-electron chi connectivity index (χ0n) is 9.31. The maximum atomic E-state index is 13.2. The van der Waals surface area contributed by atoms with Crippen molar-refractivity contribution in [3.8, 4) is 0 Å². The minimum atomic E-state index is -0.694. The highest BCUT2D eigenvalue weighted by Crippen LogP contribution is 2.13. The van der Waals surface area contributed by atoms with Gasteiger partial charge in [0.25, 0.3) is 0 Å². The lowest BCUT2D eigenvalue weighted by atomic mass is 10.3. The molecule has 0 fully saturated rings. The van der Waals surface area contributed by atoms with Crippen LogP contribution in [-0.4, -0.2) is 11.7 Å². The Kier molecular flexibility index (Phi) is 4.84. The smallest absolute Gasteiger partial charge is 0.185 e. The van der Waals surface area contributed by atoms with Gasteiger partial charge in [0.1, 0.15) is 5.82 Å².